The van der Waals surface area contributed by atoms with Crippen molar-refractivity contribution in [2.75, 3.05) is 0 Å². The number of hydrogen-bond acceptors (Lipinski definition) is 3. The highest BCUT2D eigenvalue weighted by atomic mass is 16.1. The fourth-order valence-electron chi connectivity index (χ4n) is 1.44. The van der Waals surface area contributed by atoms with E-state index in [4.69, 9.17) is 5.73 Å². The Labute approximate surface area is 96.5 Å². The van der Waals surface area contributed by atoms with Crippen LogP contribution in [0, 0.1) is 0 Å². The third-order valence-corrected chi connectivity index (χ3v) is 2.53. The Bertz CT molecular complexity index is 447. The van der Waals surface area contributed by atoms with Crippen LogP contribution >= 0.6 is 0 Å². The first-order valence-corrected chi connectivity index (χ1v) is 5.41. The molecule has 1 rings (SSSR count). The van der Waals surface area contributed by atoms with Crippen LogP contribution in [0.5, 0.6) is 0 Å². The minimum atomic E-state index is -0.641. The van der Waals surface area contributed by atoms with Crippen molar-refractivity contribution in [2.24, 2.45) is 12.8 Å². The van der Waals surface area contributed by atoms with Gasteiger partial charge in [-0.2, -0.15) is 5.10 Å². The first-order chi connectivity index (χ1) is 7.03. The number of hydrogen-bond donors (Lipinski definition) is 1. The molecule has 0 atom stereocenters. The Morgan fingerprint density at radius 3 is 2.12 bits per heavy atom. The summed E-state index contributed by atoms with van der Waals surface area (Å²) in [5.41, 5.74) is 6.62. The molecular formula is C12H21N3O. The van der Waals surface area contributed by atoms with E-state index < -0.39 is 5.54 Å². The molecule has 1 heterocycles. The molecule has 0 saturated carbocycles. The molecule has 16 heavy (non-hydrogen) atoms. The van der Waals surface area contributed by atoms with E-state index in [9.17, 15) is 4.79 Å². The second-order valence-corrected chi connectivity index (χ2v) is 5.84. The van der Waals surface area contributed by atoms with Crippen molar-refractivity contribution in [2.45, 2.75) is 45.6 Å². The lowest BCUT2D eigenvalue weighted by Gasteiger charge is -2.23. The number of rotatable bonds is 1. The van der Waals surface area contributed by atoms with Gasteiger partial charge in [-0.15, -0.1) is 0 Å². The van der Waals surface area contributed by atoms with Crippen molar-refractivity contribution in [3.05, 3.63) is 27.7 Å². The summed E-state index contributed by atoms with van der Waals surface area (Å²) in [7, 11) is 1.66. The summed E-state index contributed by atoms with van der Waals surface area (Å²) >= 11 is 0. The Balaban J connectivity index is 3.53. The largest absolute Gasteiger partial charge is 0.322 e. The lowest BCUT2D eigenvalue weighted by atomic mass is 9.88. The lowest BCUT2D eigenvalue weighted by Crippen LogP contribution is -2.39. The fourth-order valence-corrected chi connectivity index (χ4v) is 1.44. The van der Waals surface area contributed by atoms with Crippen LogP contribution in [0.15, 0.2) is 10.9 Å². The van der Waals surface area contributed by atoms with Gasteiger partial charge in [-0.3, -0.25) is 4.79 Å². The molecule has 0 fully saturated rings. The number of nitrogens with zero attached hydrogens (tertiary/aromatic N) is 2. The van der Waals surface area contributed by atoms with Gasteiger partial charge < -0.3 is 5.73 Å². The van der Waals surface area contributed by atoms with Crippen molar-refractivity contribution < 1.29 is 0 Å². The molecule has 0 radical (unpaired) electrons. The van der Waals surface area contributed by atoms with Crippen molar-refractivity contribution in [3.8, 4) is 0 Å². The molecular weight excluding hydrogens is 202 g/mol. The standard InChI is InChI=1S/C12H21N3O/c1-11(2,3)9-7-8(12(4,5)13)10(16)15(6)14-9/h7H,13H2,1-6H3. The molecule has 0 bridgehead atoms. The van der Waals surface area contributed by atoms with Gasteiger partial charge in [0.25, 0.3) is 5.56 Å². The average Bonchev–Trinajstić information content (AvgIpc) is 2.05. The van der Waals surface area contributed by atoms with Crippen molar-refractivity contribution in [3.63, 3.8) is 0 Å². The highest BCUT2D eigenvalue weighted by molar-refractivity contribution is 5.24. The van der Waals surface area contributed by atoms with E-state index >= 15 is 0 Å². The number of aromatic nitrogens is 2. The number of nitrogens with two attached hydrogens (primary N) is 1. The highest BCUT2D eigenvalue weighted by Crippen LogP contribution is 2.22. The predicted molar refractivity (Wildman–Crippen MR) is 65.4 cm³/mol. The third-order valence-electron chi connectivity index (χ3n) is 2.53. The maximum Gasteiger partial charge on any atom is 0.271 e. The zero-order chi connectivity index (χ0) is 12.7. The van der Waals surface area contributed by atoms with Crippen LogP contribution in [0.1, 0.15) is 45.9 Å². The molecule has 4 heteroatoms. The van der Waals surface area contributed by atoms with E-state index in [1.165, 1.54) is 4.68 Å². The van der Waals surface area contributed by atoms with Crippen LogP contribution in [0.2, 0.25) is 0 Å². The SMILES string of the molecule is Cn1nc(C(C)(C)C)cc(C(C)(C)N)c1=O. The molecule has 2 N–H and O–H groups in total. The van der Waals surface area contributed by atoms with Crippen LogP contribution < -0.4 is 11.3 Å². The molecule has 0 aliphatic carbocycles. The van der Waals surface area contributed by atoms with Gasteiger partial charge in [0, 0.05) is 23.6 Å². The first kappa shape index (κ1) is 12.9. The maximum atomic E-state index is 11.9. The summed E-state index contributed by atoms with van der Waals surface area (Å²) in [4.78, 5) is 11.9. The normalized spacial score (nSPS) is 12.9. The minimum absolute atomic E-state index is 0.0918. The van der Waals surface area contributed by atoms with Crippen molar-refractivity contribution >= 4 is 0 Å². The van der Waals surface area contributed by atoms with E-state index in [-0.39, 0.29) is 11.0 Å². The predicted octanol–water partition coefficient (Wildman–Crippen LogP) is 1.27. The lowest BCUT2D eigenvalue weighted by molar-refractivity contribution is 0.494. The van der Waals surface area contributed by atoms with Crippen molar-refractivity contribution in [1.82, 2.24) is 9.78 Å². The van der Waals surface area contributed by atoms with Gasteiger partial charge in [-0.05, 0) is 19.9 Å². The van der Waals surface area contributed by atoms with Crippen LogP contribution in [0.3, 0.4) is 0 Å². The van der Waals surface area contributed by atoms with E-state index in [1.807, 2.05) is 19.9 Å². The highest BCUT2D eigenvalue weighted by Gasteiger charge is 2.24. The second kappa shape index (κ2) is 3.70. The molecule has 0 aliphatic heterocycles. The fraction of sp³-hybridized carbons (Fsp3) is 0.667. The summed E-state index contributed by atoms with van der Waals surface area (Å²) in [6, 6.07) is 1.82. The molecule has 0 aromatic carbocycles. The summed E-state index contributed by atoms with van der Waals surface area (Å²) in [5.74, 6) is 0. The van der Waals surface area contributed by atoms with Gasteiger partial charge in [-0.25, -0.2) is 4.68 Å². The molecule has 0 spiro atoms. The van der Waals surface area contributed by atoms with Crippen LogP contribution in [-0.4, -0.2) is 9.78 Å². The first-order valence-electron chi connectivity index (χ1n) is 5.41. The van der Waals surface area contributed by atoms with Gasteiger partial charge in [0.2, 0.25) is 0 Å². The van der Waals surface area contributed by atoms with E-state index in [0.29, 0.717) is 5.56 Å². The third kappa shape index (κ3) is 2.50. The van der Waals surface area contributed by atoms with Gasteiger partial charge in [0.05, 0.1) is 5.69 Å². The molecule has 4 nitrogen and oxygen atoms in total. The second-order valence-electron chi connectivity index (χ2n) is 5.84. The topological polar surface area (TPSA) is 60.9 Å². The molecule has 0 aliphatic rings. The van der Waals surface area contributed by atoms with Crippen LogP contribution in [0.4, 0.5) is 0 Å². The summed E-state index contributed by atoms with van der Waals surface area (Å²) in [6.07, 6.45) is 0. The molecule has 1 aromatic rings. The van der Waals surface area contributed by atoms with Crippen LogP contribution in [-0.2, 0) is 18.0 Å². The van der Waals surface area contributed by atoms with Crippen molar-refractivity contribution in [1.29, 1.82) is 0 Å². The maximum absolute atomic E-state index is 11.9. The van der Waals surface area contributed by atoms with Crippen LogP contribution in [0.25, 0.3) is 0 Å². The Morgan fingerprint density at radius 1 is 1.25 bits per heavy atom. The molecule has 0 unspecified atom stereocenters. The zero-order valence-electron chi connectivity index (χ0n) is 11.0. The average molecular weight is 223 g/mol. The molecule has 0 amide bonds. The Hall–Kier alpha value is -1.16. The Kier molecular flexibility index (Phi) is 2.98. The molecule has 90 valence electrons. The van der Waals surface area contributed by atoms with Gasteiger partial charge in [0.15, 0.2) is 0 Å². The Morgan fingerprint density at radius 2 is 1.75 bits per heavy atom. The smallest absolute Gasteiger partial charge is 0.271 e. The molecule has 1 aromatic heterocycles. The monoisotopic (exact) mass is 223 g/mol. The quantitative estimate of drug-likeness (QED) is 0.780. The summed E-state index contributed by atoms with van der Waals surface area (Å²) < 4.78 is 1.37. The van der Waals surface area contributed by atoms with Gasteiger partial charge in [-0.1, -0.05) is 20.8 Å². The summed E-state index contributed by atoms with van der Waals surface area (Å²) in [5, 5.41) is 4.27. The number of aryl methyl sites for hydroxylation is 1. The zero-order valence-corrected chi connectivity index (χ0v) is 11.0. The molecule has 0 saturated heterocycles. The van der Waals surface area contributed by atoms with Gasteiger partial charge in [0.1, 0.15) is 0 Å². The summed E-state index contributed by atoms with van der Waals surface area (Å²) in [6.45, 7) is 9.85. The minimum Gasteiger partial charge on any atom is -0.322 e. The van der Waals surface area contributed by atoms with Gasteiger partial charge >= 0.3 is 0 Å². The van der Waals surface area contributed by atoms with E-state index in [0.717, 1.165) is 5.69 Å². The van der Waals surface area contributed by atoms with E-state index in [2.05, 4.69) is 25.9 Å². The van der Waals surface area contributed by atoms with E-state index in [1.54, 1.807) is 7.05 Å².